The van der Waals surface area contributed by atoms with Crippen LogP contribution in [0.3, 0.4) is 0 Å². The largest absolute Gasteiger partial charge is 0.463 e. The van der Waals surface area contributed by atoms with Crippen LogP contribution in [0.15, 0.2) is 53.1 Å². The quantitative estimate of drug-likeness (QED) is 0.864. The first-order valence-corrected chi connectivity index (χ1v) is 7.16. The van der Waals surface area contributed by atoms with Crippen LogP contribution in [0.4, 0.5) is 0 Å². The maximum absolute atomic E-state index is 12.4. The molecule has 0 radical (unpaired) electrons. The van der Waals surface area contributed by atoms with E-state index in [-0.39, 0.29) is 18.1 Å². The predicted molar refractivity (Wildman–Crippen MR) is 81.0 cm³/mol. The summed E-state index contributed by atoms with van der Waals surface area (Å²) in [6, 6.07) is 11.3. The Morgan fingerprint density at radius 1 is 1.36 bits per heavy atom. The zero-order valence-electron chi connectivity index (χ0n) is 12.6. The molecule has 2 rings (SSSR count). The Bertz CT molecular complexity index is 669. The van der Waals surface area contributed by atoms with Gasteiger partial charge in [0, 0.05) is 6.42 Å². The van der Waals surface area contributed by atoms with Gasteiger partial charge in [-0.2, -0.15) is 5.26 Å². The number of nitrogens with zero attached hydrogens (tertiary/aromatic N) is 1. The van der Waals surface area contributed by atoms with Gasteiger partial charge in [0.25, 0.3) is 0 Å². The SMILES string of the molecule is CCOC(=O)C1=C(CC)OC(N)=C(C#N)[C@@H]1c1ccccc1. The number of esters is 1. The summed E-state index contributed by atoms with van der Waals surface area (Å²) in [4.78, 5) is 12.4. The van der Waals surface area contributed by atoms with Crippen LogP contribution in [0.25, 0.3) is 0 Å². The lowest BCUT2D eigenvalue weighted by Crippen LogP contribution is -2.26. The number of benzene rings is 1. The molecule has 0 unspecified atom stereocenters. The Morgan fingerprint density at radius 3 is 2.59 bits per heavy atom. The molecule has 0 fully saturated rings. The highest BCUT2D eigenvalue weighted by Crippen LogP contribution is 2.40. The summed E-state index contributed by atoms with van der Waals surface area (Å²) in [6.07, 6.45) is 0.483. The normalized spacial score (nSPS) is 17.8. The van der Waals surface area contributed by atoms with Crippen LogP contribution in [-0.4, -0.2) is 12.6 Å². The first-order chi connectivity index (χ1) is 10.6. The Balaban J connectivity index is 2.62. The molecule has 1 aromatic carbocycles. The predicted octanol–water partition coefficient (Wildman–Crippen LogP) is 2.72. The maximum Gasteiger partial charge on any atom is 0.338 e. The molecule has 1 atom stereocenters. The molecule has 5 nitrogen and oxygen atoms in total. The fraction of sp³-hybridized carbons (Fsp3) is 0.294. The van der Waals surface area contributed by atoms with E-state index in [1.165, 1.54) is 0 Å². The molecular weight excluding hydrogens is 280 g/mol. The first-order valence-electron chi connectivity index (χ1n) is 7.16. The molecule has 0 amide bonds. The van der Waals surface area contributed by atoms with Gasteiger partial charge < -0.3 is 15.2 Å². The van der Waals surface area contributed by atoms with E-state index in [4.69, 9.17) is 15.2 Å². The molecular formula is C17H18N2O3. The summed E-state index contributed by atoms with van der Waals surface area (Å²) in [6.45, 7) is 3.85. The Kier molecular flexibility index (Phi) is 4.84. The highest BCUT2D eigenvalue weighted by atomic mass is 16.5. The van der Waals surface area contributed by atoms with Crippen molar-refractivity contribution in [2.75, 3.05) is 6.61 Å². The third-order valence-corrected chi connectivity index (χ3v) is 3.45. The van der Waals surface area contributed by atoms with Crippen molar-refractivity contribution in [3.63, 3.8) is 0 Å². The number of hydrogen-bond donors (Lipinski definition) is 1. The van der Waals surface area contributed by atoms with Crippen LogP contribution < -0.4 is 5.73 Å². The Hall–Kier alpha value is -2.74. The van der Waals surface area contributed by atoms with Crippen molar-refractivity contribution in [3.8, 4) is 6.07 Å². The van der Waals surface area contributed by atoms with Crippen LogP contribution in [0.5, 0.6) is 0 Å². The monoisotopic (exact) mass is 298 g/mol. The smallest absolute Gasteiger partial charge is 0.338 e. The van der Waals surface area contributed by atoms with Gasteiger partial charge in [0.2, 0.25) is 5.88 Å². The van der Waals surface area contributed by atoms with E-state index in [9.17, 15) is 10.1 Å². The molecule has 1 heterocycles. The molecule has 2 N–H and O–H groups in total. The number of nitriles is 1. The molecule has 0 bridgehead atoms. The minimum Gasteiger partial charge on any atom is -0.463 e. The van der Waals surface area contributed by atoms with Gasteiger partial charge in [-0.1, -0.05) is 37.3 Å². The summed E-state index contributed by atoms with van der Waals surface area (Å²) in [7, 11) is 0. The van der Waals surface area contributed by atoms with Crippen molar-refractivity contribution >= 4 is 5.97 Å². The van der Waals surface area contributed by atoms with Gasteiger partial charge in [-0.3, -0.25) is 0 Å². The minimum absolute atomic E-state index is 0.0428. The molecule has 0 aliphatic carbocycles. The van der Waals surface area contributed by atoms with Crippen molar-refractivity contribution in [2.24, 2.45) is 5.73 Å². The van der Waals surface area contributed by atoms with Gasteiger partial charge in [0.15, 0.2) is 0 Å². The summed E-state index contributed by atoms with van der Waals surface area (Å²) >= 11 is 0. The van der Waals surface area contributed by atoms with Gasteiger partial charge in [0.1, 0.15) is 17.4 Å². The van der Waals surface area contributed by atoms with E-state index in [1.54, 1.807) is 6.92 Å². The standard InChI is InChI=1S/C17H18N2O3/c1-3-13-15(17(20)21-4-2)14(11-8-6-5-7-9-11)12(10-18)16(19)22-13/h5-9,14H,3-4,19H2,1-2H3/t14-/m0/s1. The molecule has 1 aromatic rings. The van der Waals surface area contributed by atoms with Crippen molar-refractivity contribution in [3.05, 3.63) is 58.7 Å². The van der Waals surface area contributed by atoms with Crippen LogP contribution >= 0.6 is 0 Å². The lowest BCUT2D eigenvalue weighted by atomic mass is 9.82. The molecule has 114 valence electrons. The van der Waals surface area contributed by atoms with Crippen LogP contribution in [-0.2, 0) is 14.3 Å². The molecule has 0 saturated heterocycles. The van der Waals surface area contributed by atoms with Gasteiger partial charge in [-0.25, -0.2) is 4.79 Å². The van der Waals surface area contributed by atoms with E-state index in [0.29, 0.717) is 17.8 Å². The molecule has 0 aromatic heterocycles. The van der Waals surface area contributed by atoms with Crippen molar-refractivity contribution in [1.29, 1.82) is 5.26 Å². The summed E-state index contributed by atoms with van der Waals surface area (Å²) in [5, 5.41) is 9.44. The maximum atomic E-state index is 12.4. The van der Waals surface area contributed by atoms with Gasteiger partial charge in [-0.15, -0.1) is 0 Å². The molecule has 1 aliphatic rings. The second kappa shape index (κ2) is 6.81. The Morgan fingerprint density at radius 2 is 2.05 bits per heavy atom. The molecule has 22 heavy (non-hydrogen) atoms. The van der Waals surface area contributed by atoms with Crippen molar-refractivity contribution in [2.45, 2.75) is 26.2 Å². The third-order valence-electron chi connectivity index (χ3n) is 3.45. The zero-order chi connectivity index (χ0) is 16.1. The number of nitrogens with two attached hydrogens (primary N) is 1. The summed E-state index contributed by atoms with van der Waals surface area (Å²) in [5.41, 5.74) is 7.25. The number of hydrogen-bond acceptors (Lipinski definition) is 5. The van der Waals surface area contributed by atoms with Crippen molar-refractivity contribution in [1.82, 2.24) is 0 Å². The van der Waals surface area contributed by atoms with E-state index in [0.717, 1.165) is 5.56 Å². The molecule has 5 heteroatoms. The van der Waals surface area contributed by atoms with Crippen LogP contribution in [0.2, 0.25) is 0 Å². The van der Waals surface area contributed by atoms with Crippen LogP contribution in [0, 0.1) is 11.3 Å². The highest BCUT2D eigenvalue weighted by Gasteiger charge is 2.36. The van der Waals surface area contributed by atoms with E-state index in [1.807, 2.05) is 37.3 Å². The Labute approximate surface area is 129 Å². The number of ether oxygens (including phenoxy) is 2. The van der Waals surface area contributed by atoms with E-state index < -0.39 is 11.9 Å². The lowest BCUT2D eigenvalue weighted by Gasteiger charge is -2.27. The minimum atomic E-state index is -0.561. The summed E-state index contributed by atoms with van der Waals surface area (Å²) < 4.78 is 10.6. The first kappa shape index (κ1) is 15.6. The average molecular weight is 298 g/mol. The topological polar surface area (TPSA) is 85.3 Å². The number of allylic oxidation sites excluding steroid dienone is 2. The average Bonchev–Trinajstić information content (AvgIpc) is 2.54. The number of carbonyl (C=O) groups excluding carboxylic acids is 1. The van der Waals surface area contributed by atoms with Gasteiger partial charge >= 0.3 is 5.97 Å². The molecule has 1 aliphatic heterocycles. The van der Waals surface area contributed by atoms with Crippen LogP contribution in [0.1, 0.15) is 31.7 Å². The van der Waals surface area contributed by atoms with Crippen molar-refractivity contribution < 1.29 is 14.3 Å². The molecule has 0 saturated carbocycles. The third kappa shape index (κ3) is 2.82. The molecule has 0 spiro atoms. The second-order valence-corrected chi connectivity index (χ2v) is 4.75. The fourth-order valence-corrected chi connectivity index (χ4v) is 2.49. The van der Waals surface area contributed by atoms with Gasteiger partial charge in [0.05, 0.1) is 18.1 Å². The number of rotatable bonds is 4. The van der Waals surface area contributed by atoms with E-state index in [2.05, 4.69) is 6.07 Å². The summed E-state index contributed by atoms with van der Waals surface area (Å²) in [5.74, 6) is -0.549. The zero-order valence-corrected chi connectivity index (χ0v) is 12.6. The lowest BCUT2D eigenvalue weighted by molar-refractivity contribution is -0.139. The second-order valence-electron chi connectivity index (χ2n) is 4.75. The highest BCUT2D eigenvalue weighted by molar-refractivity contribution is 5.92. The van der Waals surface area contributed by atoms with E-state index >= 15 is 0 Å². The van der Waals surface area contributed by atoms with Gasteiger partial charge in [-0.05, 0) is 12.5 Å². The fourth-order valence-electron chi connectivity index (χ4n) is 2.49. The number of carbonyl (C=O) groups is 1.